The Kier molecular flexibility index (Phi) is 8.77. The van der Waals surface area contributed by atoms with Crippen molar-refractivity contribution in [3.8, 4) is 16.9 Å². The topological polar surface area (TPSA) is 62.2 Å². The molecule has 0 bridgehead atoms. The molecule has 0 saturated carbocycles. The van der Waals surface area contributed by atoms with Crippen molar-refractivity contribution in [2.24, 2.45) is 0 Å². The molecule has 0 radical (unpaired) electrons. The number of carboxylic acids is 1. The molecule has 7 heteroatoms. The van der Waals surface area contributed by atoms with E-state index in [1.807, 2.05) is 49.0 Å². The maximum absolute atomic E-state index is 11.8. The van der Waals surface area contributed by atoms with Gasteiger partial charge in [-0.15, -0.1) is 11.8 Å². The second-order valence-electron chi connectivity index (χ2n) is 8.79. The van der Waals surface area contributed by atoms with Crippen molar-refractivity contribution in [3.63, 3.8) is 0 Å². The van der Waals surface area contributed by atoms with Crippen LogP contribution in [0.3, 0.4) is 0 Å². The molecule has 186 valence electrons. The fourth-order valence-electron chi connectivity index (χ4n) is 4.37. The number of rotatable bonds is 6. The predicted molar refractivity (Wildman–Crippen MR) is 144 cm³/mol. The minimum absolute atomic E-state index is 0.444. The van der Waals surface area contributed by atoms with Gasteiger partial charge in [-0.3, -0.25) is 0 Å². The average Bonchev–Trinajstić information content (AvgIpc) is 3.53. The Morgan fingerprint density at radius 2 is 1.97 bits per heavy atom. The summed E-state index contributed by atoms with van der Waals surface area (Å²) in [6, 6.07) is 14.3. The first-order chi connectivity index (χ1) is 17.0. The van der Waals surface area contributed by atoms with Gasteiger partial charge >= 0.3 is 5.97 Å². The van der Waals surface area contributed by atoms with E-state index >= 15 is 0 Å². The zero-order chi connectivity index (χ0) is 24.6. The van der Waals surface area contributed by atoms with Gasteiger partial charge in [-0.25, -0.2) is 4.79 Å². The number of fused-ring (bicyclic) bond motifs is 1. The third kappa shape index (κ3) is 6.61. The lowest BCUT2D eigenvalue weighted by molar-refractivity contribution is -0.132. The monoisotopic (exact) mass is 494 g/mol. The van der Waals surface area contributed by atoms with Gasteiger partial charge in [-0.1, -0.05) is 24.3 Å². The van der Waals surface area contributed by atoms with E-state index < -0.39 is 5.97 Å². The fraction of sp³-hybridized carbons (Fsp3) is 0.393. The summed E-state index contributed by atoms with van der Waals surface area (Å²) in [5.41, 5.74) is 4.48. The van der Waals surface area contributed by atoms with E-state index in [4.69, 9.17) is 9.47 Å². The Labute approximate surface area is 212 Å². The van der Waals surface area contributed by atoms with E-state index in [0.29, 0.717) is 25.1 Å². The summed E-state index contributed by atoms with van der Waals surface area (Å²) in [5.74, 6) is 0.947. The number of thioether (sulfide) groups is 1. The second-order valence-corrected chi connectivity index (χ2v) is 9.87. The lowest BCUT2D eigenvalue weighted by atomic mass is 9.99. The first kappa shape index (κ1) is 25.2. The van der Waals surface area contributed by atoms with Gasteiger partial charge in [0.2, 0.25) is 0 Å². The highest BCUT2D eigenvalue weighted by molar-refractivity contribution is 8.03. The van der Waals surface area contributed by atoms with E-state index in [1.54, 1.807) is 0 Å². The molecule has 0 aliphatic carbocycles. The van der Waals surface area contributed by atoms with Crippen molar-refractivity contribution in [2.75, 3.05) is 50.7 Å². The van der Waals surface area contributed by atoms with Crippen molar-refractivity contribution in [2.45, 2.75) is 26.2 Å². The Morgan fingerprint density at radius 3 is 2.63 bits per heavy atom. The van der Waals surface area contributed by atoms with Crippen LogP contribution in [-0.2, 0) is 9.53 Å². The van der Waals surface area contributed by atoms with Gasteiger partial charge in [0.05, 0.1) is 19.0 Å². The summed E-state index contributed by atoms with van der Waals surface area (Å²) in [6.45, 7) is 6.04. The van der Waals surface area contributed by atoms with Gasteiger partial charge in [0.1, 0.15) is 5.75 Å². The first-order valence-corrected chi connectivity index (χ1v) is 13.2. The van der Waals surface area contributed by atoms with Crippen LogP contribution in [0.25, 0.3) is 17.2 Å². The number of para-hydroxylation sites is 1. The zero-order valence-electron chi connectivity index (χ0n) is 20.5. The summed E-state index contributed by atoms with van der Waals surface area (Å²) >= 11 is 1.84. The molecule has 0 atom stereocenters. The van der Waals surface area contributed by atoms with Gasteiger partial charge in [-0.05, 0) is 61.6 Å². The van der Waals surface area contributed by atoms with Crippen molar-refractivity contribution in [3.05, 3.63) is 64.7 Å². The normalized spacial score (nSPS) is 17.1. The van der Waals surface area contributed by atoms with Crippen molar-refractivity contribution < 1.29 is 19.4 Å². The Bertz CT molecular complexity index is 1090. The van der Waals surface area contributed by atoms with Crippen molar-refractivity contribution in [1.29, 1.82) is 0 Å². The first-order valence-electron chi connectivity index (χ1n) is 12.2. The lowest BCUT2D eigenvalue weighted by Crippen LogP contribution is -2.26. The van der Waals surface area contributed by atoms with Gasteiger partial charge in [0.15, 0.2) is 0 Å². The Hall–Kier alpha value is -2.90. The SMILES string of the molecule is C1CCOC1.CCOc1ccccc1-c1ccc2c(c1)C=C(C(=O)O)CCN2CC1=CN(C)CS1. The molecule has 0 unspecified atom stereocenters. The molecule has 5 rings (SSSR count). The number of aliphatic carboxylic acids is 1. The number of anilines is 1. The fourth-order valence-corrected chi connectivity index (χ4v) is 5.32. The summed E-state index contributed by atoms with van der Waals surface area (Å²) in [4.78, 5) is 17.5. The predicted octanol–water partition coefficient (Wildman–Crippen LogP) is 5.70. The number of carboxylic acid groups (broad SMARTS) is 1. The smallest absolute Gasteiger partial charge is 0.331 e. The average molecular weight is 495 g/mol. The van der Waals surface area contributed by atoms with Gasteiger partial charge in [-0.2, -0.15) is 0 Å². The molecule has 0 spiro atoms. The molecule has 6 nitrogen and oxygen atoms in total. The number of hydrogen-bond acceptors (Lipinski definition) is 6. The second kappa shape index (κ2) is 12.2. The van der Waals surface area contributed by atoms with Crippen LogP contribution in [0.2, 0.25) is 0 Å². The molecule has 1 N–H and O–H groups in total. The summed E-state index contributed by atoms with van der Waals surface area (Å²) in [7, 11) is 2.07. The third-order valence-electron chi connectivity index (χ3n) is 6.11. The molecule has 3 heterocycles. The van der Waals surface area contributed by atoms with E-state index in [9.17, 15) is 9.90 Å². The van der Waals surface area contributed by atoms with Crippen LogP contribution in [0.15, 0.2) is 59.1 Å². The van der Waals surface area contributed by atoms with Gasteiger partial charge in [0, 0.05) is 54.7 Å². The van der Waals surface area contributed by atoms with Crippen LogP contribution < -0.4 is 9.64 Å². The molecular formula is C28H34N2O4S. The molecule has 2 aromatic carbocycles. The summed E-state index contributed by atoms with van der Waals surface area (Å²) in [5, 5.41) is 9.67. The lowest BCUT2D eigenvalue weighted by Gasteiger charge is -2.25. The number of hydrogen-bond donors (Lipinski definition) is 1. The highest BCUT2D eigenvalue weighted by Gasteiger charge is 2.22. The molecule has 2 aromatic rings. The summed E-state index contributed by atoms with van der Waals surface area (Å²) < 4.78 is 10.7. The van der Waals surface area contributed by atoms with E-state index in [1.165, 1.54) is 17.7 Å². The zero-order valence-corrected chi connectivity index (χ0v) is 21.4. The van der Waals surface area contributed by atoms with Crippen LogP contribution in [0.1, 0.15) is 31.7 Å². The minimum atomic E-state index is -0.850. The van der Waals surface area contributed by atoms with Gasteiger partial charge < -0.3 is 24.4 Å². The highest BCUT2D eigenvalue weighted by Crippen LogP contribution is 2.37. The molecule has 1 fully saturated rings. The molecule has 3 aliphatic heterocycles. The number of nitrogens with zero attached hydrogens (tertiary/aromatic N) is 2. The quantitative estimate of drug-likeness (QED) is 0.552. The van der Waals surface area contributed by atoms with Crippen LogP contribution >= 0.6 is 11.8 Å². The summed E-state index contributed by atoms with van der Waals surface area (Å²) in [6.07, 6.45) is 7.07. The Morgan fingerprint density at radius 1 is 1.17 bits per heavy atom. The van der Waals surface area contributed by atoms with Crippen molar-refractivity contribution >= 4 is 29.5 Å². The van der Waals surface area contributed by atoms with Crippen LogP contribution in [0.4, 0.5) is 5.69 Å². The van der Waals surface area contributed by atoms with Gasteiger partial charge in [0.25, 0.3) is 0 Å². The minimum Gasteiger partial charge on any atom is -0.493 e. The molecule has 0 aromatic heterocycles. The molecular weight excluding hydrogens is 460 g/mol. The molecule has 1 saturated heterocycles. The molecule has 3 aliphatic rings. The van der Waals surface area contributed by atoms with Crippen LogP contribution in [0.5, 0.6) is 5.75 Å². The Balaban J connectivity index is 0.000000514. The molecule has 0 amide bonds. The van der Waals surface area contributed by atoms with E-state index in [2.05, 4.69) is 41.2 Å². The molecule has 35 heavy (non-hydrogen) atoms. The number of carbonyl (C=O) groups is 1. The van der Waals surface area contributed by atoms with Crippen molar-refractivity contribution in [1.82, 2.24) is 4.90 Å². The maximum atomic E-state index is 11.8. The highest BCUT2D eigenvalue weighted by atomic mass is 32.2. The van der Waals surface area contributed by atoms with Crippen LogP contribution in [-0.4, -0.2) is 61.8 Å². The standard InChI is InChI=1S/C24H26N2O3S.C4H8O/c1-3-29-23-7-5-4-6-21(23)17-8-9-22-19(12-17)13-18(24(27)28)10-11-26(22)15-20-14-25(2)16-30-20;1-2-4-5-3-1/h4-9,12-14H,3,10-11,15-16H2,1-2H3,(H,27,28);1-4H2. The number of ether oxygens (including phenoxy) is 2. The third-order valence-corrected chi connectivity index (χ3v) is 7.26. The maximum Gasteiger partial charge on any atom is 0.331 e. The van der Waals surface area contributed by atoms with E-state index in [-0.39, 0.29) is 0 Å². The van der Waals surface area contributed by atoms with E-state index in [0.717, 1.165) is 53.8 Å². The largest absolute Gasteiger partial charge is 0.493 e. The van der Waals surface area contributed by atoms with Crippen LogP contribution in [0, 0.1) is 0 Å². The number of benzene rings is 2.